The first-order valence-corrected chi connectivity index (χ1v) is 0.447. The Bertz CT molecular complexity index is 27.0. The summed E-state index contributed by atoms with van der Waals surface area (Å²) in [4.78, 5) is 0. The number of nitrogens with zero attached hydrogens (tertiary/aromatic N) is 2. The van der Waals surface area contributed by atoms with Crippen molar-refractivity contribution in [1.82, 2.24) is 0 Å². The molecular weight excluding hydrogens is 150 g/mol. The summed E-state index contributed by atoms with van der Waals surface area (Å²) in [6, 6.07) is 0. The van der Waals surface area contributed by atoms with Gasteiger partial charge in [-0.3, -0.25) is 0 Å². The molecule has 0 aromatic rings. The largest absolute Gasteiger partial charge is 0.181 e. The minimum atomic E-state index is 0. The van der Waals surface area contributed by atoms with Crippen LogP contribution in [0.5, 0.6) is 0 Å². The molecule has 0 unspecified atom stereocenters. The second kappa shape index (κ2) is 130. The fourth-order valence-electron chi connectivity index (χ4n) is 0. The van der Waals surface area contributed by atoms with E-state index >= 15 is 0 Å². The van der Waals surface area contributed by atoms with Gasteiger partial charge >= 0.3 is 0 Å². The van der Waals surface area contributed by atoms with Gasteiger partial charge in [0.25, 0.3) is 0 Å². The van der Waals surface area contributed by atoms with Gasteiger partial charge in [-0.1, -0.05) is 0 Å². The Morgan fingerprint density at radius 3 is 0.833 bits per heavy atom. The maximum atomic E-state index is 6.25. The Labute approximate surface area is 89.9 Å². The minimum absolute atomic E-state index is 0. The number of rotatable bonds is 0. The van der Waals surface area contributed by atoms with Gasteiger partial charge < -0.3 is 0 Å². The zero-order chi connectivity index (χ0) is 4.00. The molecule has 0 aliphatic heterocycles. The molecule has 0 aliphatic rings. The predicted octanol–water partition coefficient (Wildman–Crippen LogP) is -0.191. The average Bonchev–Trinajstić information content (AvgIpc) is 1.50. The molecular formula is C2KN2Ni. The van der Waals surface area contributed by atoms with Crippen LogP contribution in [0.2, 0.25) is 0 Å². The van der Waals surface area contributed by atoms with Crippen LogP contribution in [-0.2, 0) is 16.5 Å². The third-order valence-electron chi connectivity index (χ3n) is 0. The molecule has 0 aromatic carbocycles. The van der Waals surface area contributed by atoms with Crippen molar-refractivity contribution in [2.45, 2.75) is 0 Å². The Morgan fingerprint density at radius 1 is 0.833 bits per heavy atom. The van der Waals surface area contributed by atoms with Crippen LogP contribution in [0.4, 0.5) is 0 Å². The molecule has 0 rings (SSSR count). The Balaban J connectivity index is -0.00000000500. The van der Waals surface area contributed by atoms with E-state index in [0.29, 0.717) is 0 Å². The molecule has 0 aromatic heterocycles. The Morgan fingerprint density at radius 2 is 0.833 bits per heavy atom. The van der Waals surface area contributed by atoms with E-state index in [0.717, 1.165) is 0 Å². The van der Waals surface area contributed by atoms with E-state index in [4.69, 9.17) is 23.7 Å². The molecule has 0 aliphatic carbocycles. The van der Waals surface area contributed by atoms with Gasteiger partial charge in [0.05, 0.1) is 0 Å². The van der Waals surface area contributed by atoms with Crippen molar-refractivity contribution in [3.05, 3.63) is 13.1 Å². The molecule has 0 N–H and O–H groups in total. The number of hydrogen-bond acceptors (Lipinski definition) is 2. The van der Waals surface area contributed by atoms with Crippen LogP contribution in [0.3, 0.4) is 0 Å². The first-order chi connectivity index (χ1) is 2.00. The summed E-state index contributed by atoms with van der Waals surface area (Å²) in [5.41, 5.74) is 0. The smallest absolute Gasteiger partial charge is 0.181 e. The Kier molecular flexibility index (Phi) is 592. The van der Waals surface area contributed by atoms with Crippen molar-refractivity contribution in [3.63, 3.8) is 0 Å². The molecule has 0 spiro atoms. The molecule has 0 bridgehead atoms. The minimum Gasteiger partial charge on any atom is -0.181 e. The van der Waals surface area contributed by atoms with Gasteiger partial charge in [-0.05, 0) is 0 Å². The van der Waals surface area contributed by atoms with E-state index < -0.39 is 0 Å². The molecule has 0 atom stereocenters. The molecule has 0 heterocycles. The molecule has 29 valence electrons. The van der Waals surface area contributed by atoms with E-state index in [2.05, 4.69) is 0 Å². The van der Waals surface area contributed by atoms with E-state index in [1.807, 2.05) is 0 Å². The molecule has 0 fully saturated rings. The summed E-state index contributed by atoms with van der Waals surface area (Å²) in [6.45, 7) is 9.50. The van der Waals surface area contributed by atoms with Gasteiger partial charge in [-0.2, -0.15) is 10.5 Å². The predicted molar refractivity (Wildman–Crippen MR) is 15.7 cm³/mol. The van der Waals surface area contributed by atoms with Crippen LogP contribution < -0.4 is 0 Å². The summed E-state index contributed by atoms with van der Waals surface area (Å²) < 4.78 is 0. The first-order valence-electron chi connectivity index (χ1n) is 0.447. The topological polar surface area (TPSA) is 47.6 Å². The van der Waals surface area contributed by atoms with Crippen LogP contribution in [-0.4, -0.2) is 51.4 Å². The molecule has 3 radical (unpaired) electrons. The van der Waals surface area contributed by atoms with E-state index in [1.165, 1.54) is 0 Å². The van der Waals surface area contributed by atoms with Crippen LogP contribution in [0.1, 0.15) is 0 Å². The molecule has 4 heteroatoms. The summed E-state index contributed by atoms with van der Waals surface area (Å²) in [6.07, 6.45) is 0. The van der Waals surface area contributed by atoms with Gasteiger partial charge in [0.2, 0.25) is 0 Å². The van der Waals surface area contributed by atoms with E-state index in [9.17, 15) is 0 Å². The first kappa shape index (κ1) is 27.4. The standard InChI is InChI=1S/2CN.K.Ni/c2*1-2;;. The van der Waals surface area contributed by atoms with Gasteiger partial charge in [0, 0.05) is 67.9 Å². The van der Waals surface area contributed by atoms with Gasteiger partial charge in [-0.15, -0.1) is 0 Å². The van der Waals surface area contributed by atoms with E-state index in [1.54, 1.807) is 0 Å². The average molecular weight is 150 g/mol. The maximum Gasteiger partial charge on any atom is 0.181 e. The summed E-state index contributed by atoms with van der Waals surface area (Å²) >= 11 is 0. The summed E-state index contributed by atoms with van der Waals surface area (Å²) in [5, 5.41) is 12.5. The van der Waals surface area contributed by atoms with Crippen LogP contribution in [0, 0.1) is 23.7 Å². The molecule has 6 heavy (non-hydrogen) atoms. The fourth-order valence-corrected chi connectivity index (χ4v) is 0. The zero-order valence-electron chi connectivity index (χ0n) is 3.21. The van der Waals surface area contributed by atoms with Gasteiger partial charge in [0.15, 0.2) is 13.1 Å². The SMILES string of the molecule is [C]#N.[C]#N.[K].[Ni]. The summed E-state index contributed by atoms with van der Waals surface area (Å²) in [5.74, 6) is 0. The van der Waals surface area contributed by atoms with Crippen molar-refractivity contribution in [1.29, 1.82) is 10.5 Å². The van der Waals surface area contributed by atoms with Crippen molar-refractivity contribution in [2.24, 2.45) is 0 Å². The van der Waals surface area contributed by atoms with Crippen LogP contribution in [0.25, 0.3) is 0 Å². The zero-order valence-corrected chi connectivity index (χ0v) is 7.32. The van der Waals surface area contributed by atoms with E-state index in [-0.39, 0.29) is 67.9 Å². The van der Waals surface area contributed by atoms with Gasteiger partial charge in [0.1, 0.15) is 0 Å². The number of hydrogen-bond donors (Lipinski definition) is 0. The van der Waals surface area contributed by atoms with Crippen molar-refractivity contribution < 1.29 is 16.5 Å². The quantitative estimate of drug-likeness (QED) is 0.449. The van der Waals surface area contributed by atoms with Crippen molar-refractivity contribution in [3.8, 4) is 0 Å². The van der Waals surface area contributed by atoms with Gasteiger partial charge in [-0.25, -0.2) is 0 Å². The second-order valence-corrected chi connectivity index (χ2v) is 0. The molecule has 0 amide bonds. The van der Waals surface area contributed by atoms with Crippen LogP contribution >= 0.6 is 0 Å². The van der Waals surface area contributed by atoms with Crippen LogP contribution in [0.15, 0.2) is 0 Å². The molecule has 0 saturated carbocycles. The molecule has 2 nitrogen and oxygen atoms in total. The maximum absolute atomic E-state index is 6.25. The third-order valence-corrected chi connectivity index (χ3v) is 0. The monoisotopic (exact) mass is 149 g/mol. The second-order valence-electron chi connectivity index (χ2n) is 0. The molecule has 0 saturated heterocycles. The fraction of sp³-hybridized carbons (Fsp3) is 0. The van der Waals surface area contributed by atoms with Crippen molar-refractivity contribution in [2.75, 3.05) is 0 Å². The Hall–Kier alpha value is 1.11. The third kappa shape index (κ3) is 70.1. The normalized spacial score (nSPS) is 0.667. The van der Waals surface area contributed by atoms with Crippen molar-refractivity contribution >= 4 is 51.4 Å². The summed E-state index contributed by atoms with van der Waals surface area (Å²) in [7, 11) is 0.